The van der Waals surface area contributed by atoms with Crippen LogP contribution in [-0.4, -0.2) is 26.4 Å². The Labute approximate surface area is 209 Å². The van der Waals surface area contributed by atoms with Gasteiger partial charge in [-0.2, -0.15) is 0 Å². The molecule has 0 fully saturated rings. The van der Waals surface area contributed by atoms with Gasteiger partial charge < -0.3 is 14.6 Å². The number of amides is 1. The Balaban J connectivity index is 1.62. The maximum absolute atomic E-state index is 12.4. The average Bonchev–Trinajstić information content (AvgIpc) is 3.18. The third-order valence-corrected chi connectivity index (χ3v) is 6.70. The molecule has 176 valence electrons. The fourth-order valence-electron chi connectivity index (χ4n) is 3.20. The minimum atomic E-state index is -0.294. The lowest BCUT2D eigenvalue weighted by Gasteiger charge is -2.20. The topological polar surface area (TPSA) is 69.0 Å². The highest BCUT2D eigenvalue weighted by molar-refractivity contribution is 7.99. The number of anilines is 1. The van der Waals surface area contributed by atoms with Gasteiger partial charge in [0.15, 0.2) is 17.1 Å². The third-order valence-electron chi connectivity index (χ3n) is 4.99. The lowest BCUT2D eigenvalue weighted by Crippen LogP contribution is -2.15. The molecule has 0 bridgehead atoms. The first-order chi connectivity index (χ1) is 15.6. The highest BCUT2D eigenvalue weighted by Crippen LogP contribution is 2.28. The molecule has 2 aromatic carbocycles. The van der Waals surface area contributed by atoms with Crippen molar-refractivity contribution >= 4 is 46.6 Å². The molecule has 0 radical (unpaired) electrons. The van der Waals surface area contributed by atoms with Gasteiger partial charge in [0.2, 0.25) is 5.91 Å². The molecule has 6 nitrogen and oxygen atoms in total. The SMILES string of the molecule is CCn1c(SCC(=O)Nc2ccc(Cl)c(Cl)c2)nnc1C(C)Oc1ccc(C(C)(C)C)cc1. The van der Waals surface area contributed by atoms with Gasteiger partial charge in [-0.3, -0.25) is 4.79 Å². The van der Waals surface area contributed by atoms with Crippen molar-refractivity contribution in [2.45, 2.75) is 57.8 Å². The zero-order valence-corrected chi connectivity index (χ0v) is 21.7. The lowest BCUT2D eigenvalue weighted by molar-refractivity contribution is -0.113. The minimum Gasteiger partial charge on any atom is -0.483 e. The number of carbonyl (C=O) groups excluding carboxylic acids is 1. The number of hydrogen-bond acceptors (Lipinski definition) is 5. The molecule has 0 aliphatic carbocycles. The van der Waals surface area contributed by atoms with Crippen molar-refractivity contribution in [3.05, 3.63) is 63.9 Å². The van der Waals surface area contributed by atoms with Gasteiger partial charge in [0.1, 0.15) is 5.75 Å². The van der Waals surface area contributed by atoms with Crippen LogP contribution in [0.3, 0.4) is 0 Å². The Morgan fingerprint density at radius 2 is 1.82 bits per heavy atom. The van der Waals surface area contributed by atoms with E-state index >= 15 is 0 Å². The van der Waals surface area contributed by atoms with Crippen molar-refractivity contribution in [3.63, 3.8) is 0 Å². The maximum atomic E-state index is 12.4. The second-order valence-electron chi connectivity index (χ2n) is 8.59. The number of nitrogens with zero attached hydrogens (tertiary/aromatic N) is 3. The van der Waals surface area contributed by atoms with Gasteiger partial charge in [-0.05, 0) is 55.2 Å². The molecule has 3 aromatic rings. The molecule has 1 atom stereocenters. The molecule has 1 unspecified atom stereocenters. The van der Waals surface area contributed by atoms with E-state index in [0.29, 0.717) is 33.3 Å². The summed E-state index contributed by atoms with van der Waals surface area (Å²) in [6.07, 6.45) is -0.294. The monoisotopic (exact) mass is 506 g/mol. The van der Waals surface area contributed by atoms with Crippen molar-refractivity contribution < 1.29 is 9.53 Å². The van der Waals surface area contributed by atoms with Crippen LogP contribution in [0.2, 0.25) is 10.0 Å². The number of halogens is 2. The Kier molecular flexibility index (Phi) is 8.32. The van der Waals surface area contributed by atoms with Crippen molar-refractivity contribution in [1.82, 2.24) is 14.8 Å². The van der Waals surface area contributed by atoms with E-state index < -0.39 is 0 Å². The summed E-state index contributed by atoms with van der Waals surface area (Å²) in [4.78, 5) is 12.4. The first-order valence-electron chi connectivity index (χ1n) is 10.7. The van der Waals surface area contributed by atoms with Gasteiger partial charge in [0, 0.05) is 12.2 Å². The molecule has 1 amide bonds. The maximum Gasteiger partial charge on any atom is 0.234 e. The quantitative estimate of drug-likeness (QED) is 0.341. The van der Waals surface area contributed by atoms with Gasteiger partial charge >= 0.3 is 0 Å². The molecule has 1 N–H and O–H groups in total. The molecule has 1 heterocycles. The molecule has 0 saturated heterocycles. The largest absolute Gasteiger partial charge is 0.483 e. The van der Waals surface area contributed by atoms with Crippen LogP contribution in [-0.2, 0) is 16.8 Å². The van der Waals surface area contributed by atoms with Crippen LogP contribution >= 0.6 is 35.0 Å². The number of nitrogens with one attached hydrogen (secondary N) is 1. The van der Waals surface area contributed by atoms with Gasteiger partial charge in [0.05, 0.1) is 15.8 Å². The Morgan fingerprint density at radius 1 is 1.12 bits per heavy atom. The standard InChI is InChI=1S/C24H28Cl2N4O2S/c1-6-30-22(15(2)32-18-10-7-16(8-11-18)24(3,4)5)28-29-23(30)33-14-21(31)27-17-9-12-19(25)20(26)13-17/h7-13,15H,6,14H2,1-5H3,(H,27,31). The van der Waals surface area contributed by atoms with Crippen LogP contribution in [0.5, 0.6) is 5.75 Å². The smallest absolute Gasteiger partial charge is 0.234 e. The van der Waals surface area contributed by atoms with Gasteiger partial charge in [-0.25, -0.2) is 0 Å². The van der Waals surface area contributed by atoms with Crippen LogP contribution in [0.1, 0.15) is 52.1 Å². The number of aromatic nitrogens is 3. The van der Waals surface area contributed by atoms with Gasteiger partial charge in [0.25, 0.3) is 0 Å². The van der Waals surface area contributed by atoms with E-state index in [1.807, 2.05) is 30.5 Å². The number of ether oxygens (including phenoxy) is 1. The van der Waals surface area contributed by atoms with Crippen LogP contribution < -0.4 is 10.1 Å². The summed E-state index contributed by atoms with van der Waals surface area (Å²) >= 11 is 13.2. The normalized spacial score (nSPS) is 12.5. The molecular weight excluding hydrogens is 479 g/mol. The number of thioether (sulfide) groups is 1. The first kappa shape index (κ1) is 25.4. The van der Waals surface area contributed by atoms with E-state index in [9.17, 15) is 4.79 Å². The molecule has 0 spiro atoms. The lowest BCUT2D eigenvalue weighted by atomic mass is 9.87. The number of benzene rings is 2. The van der Waals surface area contributed by atoms with Crippen LogP contribution in [0.4, 0.5) is 5.69 Å². The molecule has 0 saturated carbocycles. The molecule has 0 aliphatic heterocycles. The summed E-state index contributed by atoms with van der Waals surface area (Å²) in [5, 5.41) is 12.9. The van der Waals surface area contributed by atoms with Crippen molar-refractivity contribution in [2.75, 3.05) is 11.1 Å². The Bertz CT molecular complexity index is 1110. The molecular formula is C24H28Cl2N4O2S. The molecule has 9 heteroatoms. The van der Waals surface area contributed by atoms with Crippen LogP contribution in [0.25, 0.3) is 0 Å². The average molecular weight is 507 g/mol. The van der Waals surface area contributed by atoms with E-state index in [1.54, 1.807) is 18.2 Å². The molecule has 3 rings (SSSR count). The predicted octanol–water partition coefficient (Wildman–Crippen LogP) is 6.77. The fourth-order valence-corrected chi connectivity index (χ4v) is 4.30. The minimum absolute atomic E-state index is 0.0881. The van der Waals surface area contributed by atoms with Crippen LogP contribution in [0.15, 0.2) is 47.6 Å². The first-order valence-corrected chi connectivity index (χ1v) is 12.4. The van der Waals surface area contributed by atoms with Gasteiger partial charge in [-0.1, -0.05) is 67.9 Å². The highest BCUT2D eigenvalue weighted by Gasteiger charge is 2.20. The van der Waals surface area contributed by atoms with Crippen LogP contribution in [0, 0.1) is 0 Å². The third kappa shape index (κ3) is 6.65. The zero-order chi connectivity index (χ0) is 24.2. The van der Waals surface area contributed by atoms with Crippen molar-refractivity contribution in [2.24, 2.45) is 0 Å². The van der Waals surface area contributed by atoms with E-state index in [2.05, 4.69) is 48.4 Å². The molecule has 33 heavy (non-hydrogen) atoms. The zero-order valence-electron chi connectivity index (χ0n) is 19.4. The van der Waals surface area contributed by atoms with Gasteiger partial charge in [-0.15, -0.1) is 10.2 Å². The van der Waals surface area contributed by atoms with E-state index in [-0.39, 0.29) is 23.2 Å². The van der Waals surface area contributed by atoms with E-state index in [1.165, 1.54) is 17.3 Å². The van der Waals surface area contributed by atoms with E-state index in [4.69, 9.17) is 27.9 Å². The number of rotatable bonds is 8. The predicted molar refractivity (Wildman–Crippen MR) is 136 cm³/mol. The summed E-state index contributed by atoms with van der Waals surface area (Å²) in [5.41, 5.74) is 1.93. The van der Waals surface area contributed by atoms with E-state index in [0.717, 1.165) is 5.75 Å². The summed E-state index contributed by atoms with van der Waals surface area (Å²) in [6.45, 7) is 11.2. The fraction of sp³-hybridized carbons (Fsp3) is 0.375. The molecule has 1 aromatic heterocycles. The Morgan fingerprint density at radius 3 is 2.42 bits per heavy atom. The second-order valence-corrected chi connectivity index (χ2v) is 10.3. The van der Waals surface area contributed by atoms with Crippen molar-refractivity contribution in [3.8, 4) is 5.75 Å². The highest BCUT2D eigenvalue weighted by atomic mass is 35.5. The molecule has 0 aliphatic rings. The summed E-state index contributed by atoms with van der Waals surface area (Å²) in [7, 11) is 0. The summed E-state index contributed by atoms with van der Waals surface area (Å²) < 4.78 is 8.08. The summed E-state index contributed by atoms with van der Waals surface area (Å²) in [5.74, 6) is 1.50. The Hall–Kier alpha value is -2.22. The summed E-state index contributed by atoms with van der Waals surface area (Å²) in [6, 6.07) is 13.1. The number of carbonyl (C=O) groups is 1. The second kappa shape index (κ2) is 10.8. The van der Waals surface area contributed by atoms with Crippen molar-refractivity contribution in [1.29, 1.82) is 0 Å². The number of hydrogen-bond donors (Lipinski definition) is 1.